The predicted octanol–water partition coefficient (Wildman–Crippen LogP) is 2.15. The molecule has 1 aromatic heterocycles. The standard InChI is InChI=1S/C13H21F3N4/c1-12(10-17,3-2-4-13(14,15)16)20-8-7-19-6-5-18-11(19)9-20/h5-6H,2-4,7-10,17H2,1H3. The van der Waals surface area contributed by atoms with Gasteiger partial charge in [0.25, 0.3) is 0 Å². The van der Waals surface area contributed by atoms with Crippen LogP contribution in [-0.2, 0) is 13.1 Å². The smallest absolute Gasteiger partial charge is 0.333 e. The summed E-state index contributed by atoms with van der Waals surface area (Å²) in [6, 6.07) is 0. The third-order valence-electron chi connectivity index (χ3n) is 4.12. The topological polar surface area (TPSA) is 47.1 Å². The molecule has 2 N–H and O–H groups in total. The molecule has 1 aromatic rings. The molecule has 1 unspecified atom stereocenters. The molecule has 0 bridgehead atoms. The minimum Gasteiger partial charge on any atom is -0.333 e. The van der Waals surface area contributed by atoms with E-state index in [4.69, 9.17) is 5.73 Å². The molecule has 0 amide bonds. The van der Waals surface area contributed by atoms with Crippen LogP contribution in [0.2, 0.25) is 0 Å². The molecule has 0 spiro atoms. The van der Waals surface area contributed by atoms with Gasteiger partial charge in [0.05, 0.1) is 6.54 Å². The van der Waals surface area contributed by atoms with E-state index in [2.05, 4.69) is 14.5 Å². The number of alkyl halides is 3. The Morgan fingerprint density at radius 1 is 1.30 bits per heavy atom. The molecule has 1 aliphatic rings. The highest BCUT2D eigenvalue weighted by Gasteiger charge is 2.35. The summed E-state index contributed by atoms with van der Waals surface area (Å²) in [5.41, 5.74) is 5.43. The van der Waals surface area contributed by atoms with Gasteiger partial charge in [0.1, 0.15) is 5.82 Å². The third kappa shape index (κ3) is 3.52. The van der Waals surface area contributed by atoms with Gasteiger partial charge in [0.2, 0.25) is 0 Å². The molecule has 1 atom stereocenters. The maximum absolute atomic E-state index is 12.3. The molecule has 0 saturated heterocycles. The van der Waals surface area contributed by atoms with Crippen molar-refractivity contribution in [1.29, 1.82) is 0 Å². The maximum atomic E-state index is 12.3. The van der Waals surface area contributed by atoms with Gasteiger partial charge in [-0.2, -0.15) is 13.2 Å². The van der Waals surface area contributed by atoms with Gasteiger partial charge in [0, 0.05) is 44.0 Å². The van der Waals surface area contributed by atoms with Gasteiger partial charge < -0.3 is 10.3 Å². The Balaban J connectivity index is 1.97. The Kier molecular flexibility index (Phi) is 4.39. The van der Waals surface area contributed by atoms with Crippen molar-refractivity contribution in [2.45, 2.75) is 51.0 Å². The second-order valence-electron chi connectivity index (χ2n) is 5.63. The summed E-state index contributed by atoms with van der Waals surface area (Å²) < 4.78 is 38.9. The maximum Gasteiger partial charge on any atom is 0.389 e. The first-order valence-corrected chi connectivity index (χ1v) is 6.86. The Morgan fingerprint density at radius 2 is 2.05 bits per heavy atom. The van der Waals surface area contributed by atoms with E-state index in [1.165, 1.54) is 0 Å². The van der Waals surface area contributed by atoms with E-state index in [1.807, 2.05) is 13.1 Å². The monoisotopic (exact) mass is 290 g/mol. The minimum absolute atomic E-state index is 0.113. The van der Waals surface area contributed by atoms with Crippen LogP contribution in [0.1, 0.15) is 32.0 Å². The molecule has 2 heterocycles. The fraction of sp³-hybridized carbons (Fsp3) is 0.769. The molecule has 20 heavy (non-hydrogen) atoms. The lowest BCUT2D eigenvalue weighted by molar-refractivity contribution is -0.137. The molecular formula is C13H21F3N4. The van der Waals surface area contributed by atoms with E-state index in [9.17, 15) is 13.2 Å². The summed E-state index contributed by atoms with van der Waals surface area (Å²) in [5.74, 6) is 0.951. The summed E-state index contributed by atoms with van der Waals surface area (Å²) in [7, 11) is 0. The molecule has 2 rings (SSSR count). The summed E-state index contributed by atoms with van der Waals surface area (Å²) >= 11 is 0. The van der Waals surface area contributed by atoms with Gasteiger partial charge in [-0.3, -0.25) is 4.90 Å². The Bertz CT molecular complexity index is 443. The zero-order valence-electron chi connectivity index (χ0n) is 11.7. The lowest BCUT2D eigenvalue weighted by Crippen LogP contribution is -2.54. The van der Waals surface area contributed by atoms with Crippen LogP contribution in [0.25, 0.3) is 0 Å². The molecule has 0 aromatic carbocycles. The van der Waals surface area contributed by atoms with E-state index < -0.39 is 18.1 Å². The SMILES string of the molecule is CC(CN)(CCCC(F)(F)F)N1CCn2ccnc2C1. The molecule has 4 nitrogen and oxygen atoms in total. The highest BCUT2D eigenvalue weighted by atomic mass is 19.4. The number of aromatic nitrogens is 2. The number of nitrogens with two attached hydrogens (primary N) is 1. The van der Waals surface area contributed by atoms with E-state index in [0.29, 0.717) is 19.5 Å². The van der Waals surface area contributed by atoms with E-state index in [-0.39, 0.29) is 6.42 Å². The fourth-order valence-corrected chi connectivity index (χ4v) is 2.69. The molecule has 0 saturated carbocycles. The van der Waals surface area contributed by atoms with Crippen LogP contribution in [0.15, 0.2) is 12.4 Å². The van der Waals surface area contributed by atoms with Crippen LogP contribution in [0.5, 0.6) is 0 Å². The Hall–Kier alpha value is -1.08. The van der Waals surface area contributed by atoms with Crippen LogP contribution in [0, 0.1) is 0 Å². The van der Waals surface area contributed by atoms with Gasteiger partial charge in [-0.1, -0.05) is 0 Å². The number of hydrogen-bond acceptors (Lipinski definition) is 3. The summed E-state index contributed by atoms with van der Waals surface area (Å²) in [6.45, 7) is 4.55. The molecule has 7 heteroatoms. The number of halogens is 3. The molecule has 0 fully saturated rings. The second kappa shape index (κ2) is 5.73. The van der Waals surface area contributed by atoms with Crippen molar-refractivity contribution in [2.75, 3.05) is 13.1 Å². The largest absolute Gasteiger partial charge is 0.389 e. The predicted molar refractivity (Wildman–Crippen MR) is 70.0 cm³/mol. The van der Waals surface area contributed by atoms with Crippen LogP contribution in [0.4, 0.5) is 13.2 Å². The molecule has 114 valence electrons. The normalized spacial score (nSPS) is 19.6. The van der Waals surface area contributed by atoms with Gasteiger partial charge in [-0.05, 0) is 19.8 Å². The molecule has 0 radical (unpaired) electrons. The first kappa shape index (κ1) is 15.3. The van der Waals surface area contributed by atoms with Crippen LogP contribution in [-0.4, -0.2) is 39.3 Å². The summed E-state index contributed by atoms with van der Waals surface area (Å²) in [4.78, 5) is 6.43. The zero-order chi connectivity index (χ0) is 14.8. The van der Waals surface area contributed by atoms with Crippen molar-refractivity contribution in [3.05, 3.63) is 18.2 Å². The lowest BCUT2D eigenvalue weighted by atomic mass is 9.92. The van der Waals surface area contributed by atoms with Crippen molar-refractivity contribution in [1.82, 2.24) is 14.5 Å². The number of imidazole rings is 1. The van der Waals surface area contributed by atoms with Crippen molar-refractivity contribution in [3.63, 3.8) is 0 Å². The first-order chi connectivity index (χ1) is 9.34. The third-order valence-corrected chi connectivity index (χ3v) is 4.12. The van der Waals surface area contributed by atoms with Crippen molar-refractivity contribution in [3.8, 4) is 0 Å². The fourth-order valence-electron chi connectivity index (χ4n) is 2.69. The number of nitrogens with zero attached hydrogens (tertiary/aromatic N) is 3. The highest BCUT2D eigenvalue weighted by Crippen LogP contribution is 2.29. The molecule has 1 aliphatic heterocycles. The van der Waals surface area contributed by atoms with Gasteiger partial charge in [-0.25, -0.2) is 4.98 Å². The van der Waals surface area contributed by atoms with Crippen LogP contribution >= 0.6 is 0 Å². The number of hydrogen-bond donors (Lipinski definition) is 1. The van der Waals surface area contributed by atoms with Gasteiger partial charge >= 0.3 is 6.18 Å². The zero-order valence-corrected chi connectivity index (χ0v) is 11.7. The lowest BCUT2D eigenvalue weighted by Gasteiger charge is -2.43. The quantitative estimate of drug-likeness (QED) is 0.904. The Morgan fingerprint density at radius 3 is 2.70 bits per heavy atom. The van der Waals surface area contributed by atoms with E-state index in [0.717, 1.165) is 18.9 Å². The Labute approximate surface area is 116 Å². The van der Waals surface area contributed by atoms with E-state index >= 15 is 0 Å². The van der Waals surface area contributed by atoms with Crippen molar-refractivity contribution in [2.24, 2.45) is 5.73 Å². The van der Waals surface area contributed by atoms with E-state index in [1.54, 1.807) is 6.20 Å². The minimum atomic E-state index is -4.09. The average Bonchev–Trinajstić information content (AvgIpc) is 2.84. The van der Waals surface area contributed by atoms with Gasteiger partial charge in [0.15, 0.2) is 0 Å². The first-order valence-electron chi connectivity index (χ1n) is 6.86. The molecular weight excluding hydrogens is 269 g/mol. The summed E-state index contributed by atoms with van der Waals surface area (Å²) in [6.07, 6.45) is -0.594. The van der Waals surface area contributed by atoms with Crippen molar-refractivity contribution >= 4 is 0 Å². The van der Waals surface area contributed by atoms with Crippen molar-refractivity contribution < 1.29 is 13.2 Å². The number of rotatable bonds is 5. The average molecular weight is 290 g/mol. The van der Waals surface area contributed by atoms with Crippen LogP contribution < -0.4 is 5.73 Å². The van der Waals surface area contributed by atoms with Crippen LogP contribution in [0.3, 0.4) is 0 Å². The van der Waals surface area contributed by atoms with Gasteiger partial charge in [-0.15, -0.1) is 0 Å². The highest BCUT2D eigenvalue weighted by molar-refractivity contribution is 4.99. The number of fused-ring (bicyclic) bond motifs is 1. The summed E-state index contributed by atoms with van der Waals surface area (Å²) in [5, 5.41) is 0. The second-order valence-corrected chi connectivity index (χ2v) is 5.63. The molecule has 0 aliphatic carbocycles.